The van der Waals surface area contributed by atoms with E-state index in [0.29, 0.717) is 13.1 Å². The monoisotopic (exact) mass is 203 g/mol. The molecule has 0 aromatic heterocycles. The zero-order chi connectivity index (χ0) is 10.1. The zero-order valence-corrected chi connectivity index (χ0v) is 9.26. The molecule has 0 saturated carbocycles. The van der Waals surface area contributed by atoms with Crippen LogP contribution < -0.4 is 0 Å². The van der Waals surface area contributed by atoms with Crippen molar-refractivity contribution >= 4 is 10.0 Å². The van der Waals surface area contributed by atoms with Gasteiger partial charge in [0, 0.05) is 13.1 Å². The zero-order valence-electron chi connectivity index (χ0n) is 8.45. The third-order valence-electron chi connectivity index (χ3n) is 2.35. The van der Waals surface area contributed by atoms with Crippen molar-refractivity contribution in [3.8, 4) is 0 Å². The van der Waals surface area contributed by atoms with Crippen LogP contribution in [0.5, 0.6) is 0 Å². The third kappa shape index (κ3) is 2.31. The molecule has 13 heavy (non-hydrogen) atoms. The van der Waals surface area contributed by atoms with Crippen LogP contribution in [-0.2, 0) is 10.0 Å². The molecule has 1 heterocycles. The van der Waals surface area contributed by atoms with Gasteiger partial charge in [-0.05, 0) is 27.2 Å². The van der Waals surface area contributed by atoms with Gasteiger partial charge in [-0.25, -0.2) is 8.42 Å². The summed E-state index contributed by atoms with van der Waals surface area (Å²) in [5, 5.41) is -0.306. The molecule has 0 saturated heterocycles. The Bertz CT molecular complexity index is 304. The van der Waals surface area contributed by atoms with Crippen molar-refractivity contribution in [3.05, 3.63) is 11.6 Å². The van der Waals surface area contributed by atoms with Gasteiger partial charge in [0.2, 0.25) is 10.0 Å². The van der Waals surface area contributed by atoms with Crippen LogP contribution in [0.4, 0.5) is 0 Å². The second-order valence-electron chi connectivity index (χ2n) is 3.75. The molecular weight excluding hydrogens is 186 g/mol. The summed E-state index contributed by atoms with van der Waals surface area (Å²) in [6.07, 6.45) is 2.86. The lowest BCUT2D eigenvalue weighted by atomic mass is 10.1. The summed E-state index contributed by atoms with van der Waals surface area (Å²) in [5.41, 5.74) is 1.29. The fraction of sp³-hybridized carbons (Fsp3) is 0.778. The van der Waals surface area contributed by atoms with E-state index in [1.807, 2.05) is 13.0 Å². The molecule has 4 heteroatoms. The van der Waals surface area contributed by atoms with Gasteiger partial charge < -0.3 is 0 Å². The highest BCUT2D eigenvalue weighted by Gasteiger charge is 2.25. The first-order chi connectivity index (χ1) is 5.94. The Labute approximate surface area is 80.5 Å². The normalized spacial score (nSPS) is 20.5. The first-order valence-corrected chi connectivity index (χ1v) is 6.09. The predicted octanol–water partition coefficient (Wildman–Crippen LogP) is 1.38. The number of nitrogens with zero attached hydrogens (tertiary/aromatic N) is 1. The van der Waals surface area contributed by atoms with Crippen molar-refractivity contribution in [1.82, 2.24) is 4.31 Å². The number of hydrogen-bond donors (Lipinski definition) is 0. The molecule has 3 nitrogen and oxygen atoms in total. The van der Waals surface area contributed by atoms with E-state index >= 15 is 0 Å². The Hall–Kier alpha value is -0.350. The number of hydrogen-bond acceptors (Lipinski definition) is 2. The Morgan fingerprint density at radius 2 is 2.08 bits per heavy atom. The maximum absolute atomic E-state index is 11.7. The first kappa shape index (κ1) is 10.7. The van der Waals surface area contributed by atoms with E-state index in [4.69, 9.17) is 0 Å². The van der Waals surface area contributed by atoms with Crippen LogP contribution in [0.3, 0.4) is 0 Å². The minimum atomic E-state index is -3.03. The van der Waals surface area contributed by atoms with Crippen molar-refractivity contribution in [2.24, 2.45) is 0 Å². The van der Waals surface area contributed by atoms with Gasteiger partial charge in [-0.3, -0.25) is 0 Å². The fourth-order valence-corrected chi connectivity index (χ4v) is 2.51. The Morgan fingerprint density at radius 3 is 2.46 bits per heavy atom. The highest BCUT2D eigenvalue weighted by Crippen LogP contribution is 2.16. The second kappa shape index (κ2) is 3.80. The lowest BCUT2D eigenvalue weighted by molar-refractivity contribution is 0.426. The molecule has 1 rings (SSSR count). The molecule has 0 radical (unpaired) electrons. The summed E-state index contributed by atoms with van der Waals surface area (Å²) in [6, 6.07) is 0. The summed E-state index contributed by atoms with van der Waals surface area (Å²) in [5.74, 6) is 0. The van der Waals surface area contributed by atoms with E-state index in [9.17, 15) is 8.42 Å². The summed E-state index contributed by atoms with van der Waals surface area (Å²) in [7, 11) is -3.03. The maximum Gasteiger partial charge on any atom is 0.216 e. The molecule has 0 bridgehead atoms. The van der Waals surface area contributed by atoms with Crippen molar-refractivity contribution < 1.29 is 8.42 Å². The largest absolute Gasteiger partial charge is 0.216 e. The molecule has 0 unspecified atom stereocenters. The quantitative estimate of drug-likeness (QED) is 0.636. The molecule has 0 aromatic rings. The molecular formula is C9H17NO2S. The van der Waals surface area contributed by atoms with Crippen LogP contribution in [0.2, 0.25) is 0 Å². The SMILES string of the molecule is CC1=CCN(S(=O)(=O)C(C)C)CC1. The second-order valence-corrected chi connectivity index (χ2v) is 6.24. The van der Waals surface area contributed by atoms with Crippen LogP contribution in [-0.4, -0.2) is 31.1 Å². The van der Waals surface area contributed by atoms with E-state index in [2.05, 4.69) is 0 Å². The smallest absolute Gasteiger partial charge is 0.212 e. The number of rotatable bonds is 2. The molecule has 0 spiro atoms. The summed E-state index contributed by atoms with van der Waals surface area (Å²) in [4.78, 5) is 0. The lowest BCUT2D eigenvalue weighted by Gasteiger charge is -2.26. The van der Waals surface area contributed by atoms with E-state index in [0.717, 1.165) is 6.42 Å². The van der Waals surface area contributed by atoms with Crippen molar-refractivity contribution in [1.29, 1.82) is 0 Å². The summed E-state index contributed by atoms with van der Waals surface area (Å²) in [6.45, 7) is 6.68. The molecule has 0 N–H and O–H groups in total. The van der Waals surface area contributed by atoms with Crippen LogP contribution >= 0.6 is 0 Å². The van der Waals surface area contributed by atoms with Crippen LogP contribution in [0.25, 0.3) is 0 Å². The molecule has 0 aromatic carbocycles. The molecule has 0 fully saturated rings. The van der Waals surface area contributed by atoms with Crippen LogP contribution in [0.15, 0.2) is 11.6 Å². The molecule has 0 atom stereocenters. The molecule has 76 valence electrons. The molecule has 0 aliphatic carbocycles. The Kier molecular flexibility index (Phi) is 3.14. The van der Waals surface area contributed by atoms with Gasteiger partial charge in [0.15, 0.2) is 0 Å². The van der Waals surface area contributed by atoms with Gasteiger partial charge in [0.25, 0.3) is 0 Å². The van der Waals surface area contributed by atoms with Crippen molar-refractivity contribution in [2.45, 2.75) is 32.4 Å². The topological polar surface area (TPSA) is 37.4 Å². The van der Waals surface area contributed by atoms with Crippen molar-refractivity contribution in [3.63, 3.8) is 0 Å². The van der Waals surface area contributed by atoms with Gasteiger partial charge in [0.1, 0.15) is 0 Å². The highest BCUT2D eigenvalue weighted by atomic mass is 32.2. The molecule has 0 amide bonds. The summed E-state index contributed by atoms with van der Waals surface area (Å²) >= 11 is 0. The van der Waals surface area contributed by atoms with Crippen molar-refractivity contribution in [2.75, 3.05) is 13.1 Å². The van der Waals surface area contributed by atoms with Gasteiger partial charge in [-0.15, -0.1) is 0 Å². The third-order valence-corrected chi connectivity index (χ3v) is 4.60. The van der Waals surface area contributed by atoms with E-state index in [-0.39, 0.29) is 5.25 Å². The average Bonchev–Trinajstić information content (AvgIpc) is 2.04. The van der Waals surface area contributed by atoms with E-state index < -0.39 is 10.0 Å². The Balaban J connectivity index is 2.76. The van der Waals surface area contributed by atoms with Crippen LogP contribution in [0, 0.1) is 0 Å². The van der Waals surface area contributed by atoms with Gasteiger partial charge >= 0.3 is 0 Å². The van der Waals surface area contributed by atoms with Gasteiger partial charge in [-0.2, -0.15) is 4.31 Å². The van der Waals surface area contributed by atoms with Crippen LogP contribution in [0.1, 0.15) is 27.2 Å². The number of sulfonamides is 1. The maximum atomic E-state index is 11.7. The first-order valence-electron chi connectivity index (χ1n) is 4.59. The minimum absolute atomic E-state index is 0.306. The van der Waals surface area contributed by atoms with Gasteiger partial charge in [0.05, 0.1) is 5.25 Å². The van der Waals surface area contributed by atoms with E-state index in [1.54, 1.807) is 18.2 Å². The average molecular weight is 203 g/mol. The molecule has 1 aliphatic heterocycles. The standard InChI is InChI=1S/C9H17NO2S/c1-8(2)13(11,12)10-6-4-9(3)5-7-10/h4,8H,5-7H2,1-3H3. The minimum Gasteiger partial charge on any atom is -0.212 e. The molecule has 1 aliphatic rings. The fourth-order valence-electron chi connectivity index (χ4n) is 1.28. The van der Waals surface area contributed by atoms with Gasteiger partial charge in [-0.1, -0.05) is 11.6 Å². The highest BCUT2D eigenvalue weighted by molar-refractivity contribution is 7.89. The van der Waals surface area contributed by atoms with E-state index in [1.165, 1.54) is 5.57 Å². The summed E-state index contributed by atoms with van der Waals surface area (Å²) < 4.78 is 24.9. The lowest BCUT2D eigenvalue weighted by Crippen LogP contribution is -2.38. The predicted molar refractivity (Wildman–Crippen MR) is 54.0 cm³/mol. The Morgan fingerprint density at radius 1 is 1.46 bits per heavy atom.